The van der Waals surface area contributed by atoms with Crippen LogP contribution in [0.1, 0.15) is 24.4 Å². The summed E-state index contributed by atoms with van der Waals surface area (Å²) in [5.41, 5.74) is 0.738. The van der Waals surface area contributed by atoms with Crippen molar-refractivity contribution in [3.63, 3.8) is 0 Å². The number of rotatable bonds is 1. The van der Waals surface area contributed by atoms with Gasteiger partial charge in [-0.15, -0.1) is 0 Å². The van der Waals surface area contributed by atoms with Crippen LogP contribution in [0.3, 0.4) is 0 Å². The molecule has 0 amide bonds. The predicted octanol–water partition coefficient (Wildman–Crippen LogP) is 1.99. The first-order valence-corrected chi connectivity index (χ1v) is 4.59. The standard InChI is InChI=1S/C10H13FN2/c1-13-7-3-5-9(13)8-4-2-6-12-10(8)11/h2,4,6,9H,3,5,7H2,1H3. The zero-order valence-electron chi connectivity index (χ0n) is 7.70. The quantitative estimate of drug-likeness (QED) is 0.614. The van der Waals surface area contributed by atoms with E-state index in [4.69, 9.17) is 0 Å². The highest BCUT2D eigenvalue weighted by Crippen LogP contribution is 2.30. The molecule has 1 aliphatic heterocycles. The van der Waals surface area contributed by atoms with Gasteiger partial charge in [-0.05, 0) is 32.5 Å². The number of hydrogen-bond acceptors (Lipinski definition) is 2. The van der Waals surface area contributed by atoms with Gasteiger partial charge in [-0.3, -0.25) is 4.90 Å². The summed E-state index contributed by atoms with van der Waals surface area (Å²) in [4.78, 5) is 5.85. The Hall–Kier alpha value is -0.960. The largest absolute Gasteiger partial charge is 0.299 e. The third-order valence-corrected chi connectivity index (χ3v) is 2.67. The molecule has 0 bridgehead atoms. The van der Waals surface area contributed by atoms with Crippen LogP contribution in [0, 0.1) is 5.95 Å². The molecule has 1 aromatic heterocycles. The summed E-state index contributed by atoms with van der Waals surface area (Å²) in [7, 11) is 2.03. The van der Waals surface area contributed by atoms with Crippen LogP contribution in [0.15, 0.2) is 18.3 Å². The Morgan fingerprint density at radius 2 is 2.46 bits per heavy atom. The van der Waals surface area contributed by atoms with Gasteiger partial charge in [-0.2, -0.15) is 4.39 Å². The third-order valence-electron chi connectivity index (χ3n) is 2.67. The van der Waals surface area contributed by atoms with Gasteiger partial charge in [0.05, 0.1) is 0 Å². The van der Waals surface area contributed by atoms with Gasteiger partial charge < -0.3 is 0 Å². The number of halogens is 1. The summed E-state index contributed by atoms with van der Waals surface area (Å²) < 4.78 is 13.3. The van der Waals surface area contributed by atoms with Crippen LogP contribution >= 0.6 is 0 Å². The fraction of sp³-hybridized carbons (Fsp3) is 0.500. The highest BCUT2D eigenvalue weighted by molar-refractivity contribution is 5.16. The molecule has 1 saturated heterocycles. The second-order valence-electron chi connectivity index (χ2n) is 3.52. The lowest BCUT2D eigenvalue weighted by molar-refractivity contribution is 0.307. The van der Waals surface area contributed by atoms with E-state index in [9.17, 15) is 4.39 Å². The molecule has 1 aromatic rings. The molecule has 0 N–H and O–H groups in total. The maximum absolute atomic E-state index is 13.3. The highest BCUT2D eigenvalue weighted by Gasteiger charge is 2.24. The van der Waals surface area contributed by atoms with E-state index < -0.39 is 0 Å². The minimum atomic E-state index is -0.318. The molecule has 2 heterocycles. The van der Waals surface area contributed by atoms with E-state index in [0.29, 0.717) is 0 Å². The fourth-order valence-corrected chi connectivity index (χ4v) is 1.95. The average Bonchev–Trinajstić information content (AvgIpc) is 2.52. The van der Waals surface area contributed by atoms with Crippen molar-refractivity contribution in [3.05, 3.63) is 29.8 Å². The van der Waals surface area contributed by atoms with Crippen LogP contribution in [-0.2, 0) is 0 Å². The number of aromatic nitrogens is 1. The Morgan fingerprint density at radius 3 is 3.08 bits per heavy atom. The molecule has 13 heavy (non-hydrogen) atoms. The number of nitrogens with zero attached hydrogens (tertiary/aromatic N) is 2. The van der Waals surface area contributed by atoms with Gasteiger partial charge in [-0.1, -0.05) is 6.07 Å². The van der Waals surface area contributed by atoms with E-state index >= 15 is 0 Å². The fourth-order valence-electron chi connectivity index (χ4n) is 1.95. The zero-order chi connectivity index (χ0) is 9.26. The van der Waals surface area contributed by atoms with Crippen molar-refractivity contribution in [1.29, 1.82) is 0 Å². The Morgan fingerprint density at radius 1 is 1.62 bits per heavy atom. The van der Waals surface area contributed by atoms with E-state index in [1.54, 1.807) is 6.07 Å². The van der Waals surface area contributed by atoms with Gasteiger partial charge >= 0.3 is 0 Å². The molecule has 1 atom stereocenters. The molecule has 1 unspecified atom stereocenters. The average molecular weight is 180 g/mol. The van der Waals surface area contributed by atoms with E-state index in [2.05, 4.69) is 9.88 Å². The molecule has 1 fully saturated rings. The van der Waals surface area contributed by atoms with Crippen molar-refractivity contribution in [2.24, 2.45) is 0 Å². The van der Waals surface area contributed by atoms with Gasteiger partial charge in [0, 0.05) is 17.8 Å². The molecule has 3 heteroatoms. The Kier molecular flexibility index (Phi) is 2.27. The maximum Gasteiger partial charge on any atom is 0.217 e. The predicted molar refractivity (Wildman–Crippen MR) is 48.8 cm³/mol. The second-order valence-corrected chi connectivity index (χ2v) is 3.52. The topological polar surface area (TPSA) is 16.1 Å². The Balaban J connectivity index is 2.29. The van der Waals surface area contributed by atoms with Crippen molar-refractivity contribution >= 4 is 0 Å². The van der Waals surface area contributed by atoms with Crippen molar-refractivity contribution in [2.75, 3.05) is 13.6 Å². The van der Waals surface area contributed by atoms with Crippen LogP contribution in [-0.4, -0.2) is 23.5 Å². The van der Waals surface area contributed by atoms with E-state index in [1.807, 2.05) is 13.1 Å². The van der Waals surface area contributed by atoms with Gasteiger partial charge in [0.2, 0.25) is 5.95 Å². The van der Waals surface area contributed by atoms with Crippen LogP contribution in [0.2, 0.25) is 0 Å². The normalized spacial score (nSPS) is 23.7. The molecule has 70 valence electrons. The lowest BCUT2D eigenvalue weighted by Gasteiger charge is -2.19. The molecule has 0 spiro atoms. The number of pyridine rings is 1. The smallest absolute Gasteiger partial charge is 0.217 e. The van der Waals surface area contributed by atoms with E-state index in [0.717, 1.165) is 24.9 Å². The summed E-state index contributed by atoms with van der Waals surface area (Å²) in [6.07, 6.45) is 3.68. The molecule has 2 rings (SSSR count). The lowest BCUT2D eigenvalue weighted by Crippen LogP contribution is -2.18. The minimum absolute atomic E-state index is 0.230. The third kappa shape index (κ3) is 1.56. The van der Waals surface area contributed by atoms with Crippen LogP contribution in [0.25, 0.3) is 0 Å². The molecular weight excluding hydrogens is 167 g/mol. The Bertz CT molecular complexity index is 301. The molecular formula is C10H13FN2. The van der Waals surface area contributed by atoms with Gasteiger partial charge in [0.15, 0.2) is 0 Å². The molecule has 0 radical (unpaired) electrons. The van der Waals surface area contributed by atoms with Crippen molar-refractivity contribution in [2.45, 2.75) is 18.9 Å². The first kappa shape index (κ1) is 8.63. The number of hydrogen-bond donors (Lipinski definition) is 0. The molecule has 0 aromatic carbocycles. The van der Waals surface area contributed by atoms with Gasteiger partial charge in [0.1, 0.15) is 0 Å². The summed E-state index contributed by atoms with van der Waals surface area (Å²) in [6.45, 7) is 1.05. The van der Waals surface area contributed by atoms with Crippen molar-refractivity contribution < 1.29 is 4.39 Å². The molecule has 1 aliphatic rings. The summed E-state index contributed by atoms with van der Waals surface area (Å²) >= 11 is 0. The second kappa shape index (κ2) is 3.42. The van der Waals surface area contributed by atoms with E-state index in [1.165, 1.54) is 6.20 Å². The van der Waals surface area contributed by atoms with Crippen LogP contribution < -0.4 is 0 Å². The maximum atomic E-state index is 13.3. The van der Waals surface area contributed by atoms with Gasteiger partial charge in [-0.25, -0.2) is 4.98 Å². The summed E-state index contributed by atoms with van der Waals surface area (Å²) in [6, 6.07) is 3.85. The minimum Gasteiger partial charge on any atom is -0.299 e. The lowest BCUT2D eigenvalue weighted by atomic mass is 10.1. The van der Waals surface area contributed by atoms with Crippen LogP contribution in [0.4, 0.5) is 4.39 Å². The summed E-state index contributed by atoms with van der Waals surface area (Å²) in [5, 5.41) is 0. The summed E-state index contributed by atoms with van der Waals surface area (Å²) in [5.74, 6) is -0.318. The first-order valence-electron chi connectivity index (χ1n) is 4.59. The monoisotopic (exact) mass is 180 g/mol. The highest BCUT2D eigenvalue weighted by atomic mass is 19.1. The van der Waals surface area contributed by atoms with Crippen molar-refractivity contribution in [1.82, 2.24) is 9.88 Å². The van der Waals surface area contributed by atoms with Crippen molar-refractivity contribution in [3.8, 4) is 0 Å². The Labute approximate surface area is 77.4 Å². The zero-order valence-corrected chi connectivity index (χ0v) is 7.70. The van der Waals surface area contributed by atoms with E-state index in [-0.39, 0.29) is 12.0 Å². The van der Waals surface area contributed by atoms with Crippen LogP contribution in [0.5, 0.6) is 0 Å². The molecule has 0 saturated carbocycles. The SMILES string of the molecule is CN1CCCC1c1cccnc1F. The molecule has 2 nitrogen and oxygen atoms in total. The first-order chi connectivity index (χ1) is 6.29. The van der Waals surface area contributed by atoms with Gasteiger partial charge in [0.25, 0.3) is 0 Å². The number of likely N-dealkylation sites (tertiary alicyclic amines) is 1. The molecule has 0 aliphatic carbocycles.